The van der Waals surface area contributed by atoms with Gasteiger partial charge in [-0.15, -0.1) is 0 Å². The second kappa shape index (κ2) is 7.68. The van der Waals surface area contributed by atoms with E-state index in [1.54, 1.807) is 0 Å². The molecule has 0 heterocycles. The molecule has 0 aromatic heterocycles. The number of hydrogen-bond acceptors (Lipinski definition) is 1. The van der Waals surface area contributed by atoms with Crippen LogP contribution in [0, 0.1) is 52.3 Å². The predicted octanol–water partition coefficient (Wildman–Crippen LogP) is 7.63. The van der Waals surface area contributed by atoms with Gasteiger partial charge < -0.3 is 5.11 Å². The molecular formula is C28H48O. The summed E-state index contributed by atoms with van der Waals surface area (Å²) in [4.78, 5) is 0. The molecule has 9 atom stereocenters. The Morgan fingerprint density at radius 2 is 1.66 bits per heavy atom. The highest BCUT2D eigenvalue weighted by Gasteiger charge is 2.64. The first-order chi connectivity index (χ1) is 13.6. The molecule has 0 aromatic carbocycles. The molecule has 0 aromatic rings. The van der Waals surface area contributed by atoms with E-state index in [-0.39, 0.29) is 0 Å². The number of fused-ring (bicyclic) bond motifs is 5. The fourth-order valence-electron chi connectivity index (χ4n) is 9.17. The van der Waals surface area contributed by atoms with Gasteiger partial charge in [-0.1, -0.05) is 66.0 Å². The maximum absolute atomic E-state index is 11.8. The van der Waals surface area contributed by atoms with Crippen LogP contribution < -0.4 is 0 Å². The number of allylic oxidation sites excluding steroid dienone is 2. The van der Waals surface area contributed by atoms with Crippen LogP contribution in [-0.4, -0.2) is 10.7 Å². The van der Waals surface area contributed by atoms with Gasteiger partial charge in [-0.2, -0.15) is 0 Å². The Morgan fingerprint density at radius 1 is 0.931 bits per heavy atom. The average molecular weight is 401 g/mol. The van der Waals surface area contributed by atoms with Crippen LogP contribution in [0.25, 0.3) is 0 Å². The van der Waals surface area contributed by atoms with Crippen molar-refractivity contribution in [3.8, 4) is 0 Å². The van der Waals surface area contributed by atoms with Crippen molar-refractivity contribution in [1.29, 1.82) is 0 Å². The van der Waals surface area contributed by atoms with Gasteiger partial charge in [0.1, 0.15) is 0 Å². The summed E-state index contributed by atoms with van der Waals surface area (Å²) >= 11 is 0. The number of aliphatic hydroxyl groups is 1. The minimum absolute atomic E-state index is 0.421. The molecule has 0 radical (unpaired) electrons. The van der Waals surface area contributed by atoms with Crippen molar-refractivity contribution >= 4 is 0 Å². The van der Waals surface area contributed by atoms with Crippen LogP contribution in [-0.2, 0) is 0 Å². The summed E-state index contributed by atoms with van der Waals surface area (Å²) in [7, 11) is 0. The van der Waals surface area contributed by atoms with Crippen LogP contribution in [0.4, 0.5) is 0 Å². The van der Waals surface area contributed by atoms with E-state index < -0.39 is 5.60 Å². The molecule has 29 heavy (non-hydrogen) atoms. The summed E-state index contributed by atoms with van der Waals surface area (Å²) in [5.41, 5.74) is 0.388. The largest absolute Gasteiger partial charge is 0.390 e. The molecule has 4 aliphatic carbocycles. The molecule has 0 bridgehead atoms. The van der Waals surface area contributed by atoms with Crippen LogP contribution in [0.5, 0.6) is 0 Å². The Bertz CT molecular complexity index is 618. The van der Waals surface area contributed by atoms with Crippen LogP contribution in [0.15, 0.2) is 12.2 Å². The van der Waals surface area contributed by atoms with Gasteiger partial charge in [0.15, 0.2) is 0 Å². The molecule has 1 nitrogen and oxygen atoms in total. The monoisotopic (exact) mass is 400 g/mol. The molecule has 3 fully saturated rings. The molecule has 0 spiro atoms. The Labute approximate surface area is 181 Å². The highest BCUT2D eigenvalue weighted by Crippen LogP contribution is 2.69. The fourth-order valence-corrected chi connectivity index (χ4v) is 9.17. The van der Waals surface area contributed by atoms with E-state index in [1.807, 2.05) is 0 Å². The summed E-state index contributed by atoms with van der Waals surface area (Å²) in [6, 6.07) is 0. The van der Waals surface area contributed by atoms with Crippen molar-refractivity contribution in [2.24, 2.45) is 52.3 Å². The van der Waals surface area contributed by atoms with Gasteiger partial charge in [0.2, 0.25) is 0 Å². The molecule has 4 rings (SSSR count). The maximum Gasteiger partial charge on any atom is 0.0659 e. The molecular weight excluding hydrogens is 352 g/mol. The van der Waals surface area contributed by atoms with Crippen LogP contribution in [0.2, 0.25) is 0 Å². The molecule has 166 valence electrons. The van der Waals surface area contributed by atoms with Crippen LogP contribution >= 0.6 is 0 Å². The quantitative estimate of drug-likeness (QED) is 0.470. The van der Waals surface area contributed by atoms with E-state index in [9.17, 15) is 5.11 Å². The fraction of sp³-hybridized carbons (Fsp3) is 0.929. The van der Waals surface area contributed by atoms with Crippen molar-refractivity contribution < 1.29 is 5.11 Å². The molecule has 0 saturated heterocycles. The van der Waals surface area contributed by atoms with Crippen LogP contribution in [0.3, 0.4) is 0 Å². The Hall–Kier alpha value is -0.300. The van der Waals surface area contributed by atoms with Crippen molar-refractivity contribution in [3.05, 3.63) is 12.2 Å². The molecule has 1 heteroatoms. The predicted molar refractivity (Wildman–Crippen MR) is 124 cm³/mol. The molecule has 0 unspecified atom stereocenters. The summed E-state index contributed by atoms with van der Waals surface area (Å²) in [5, 5.41) is 11.8. The van der Waals surface area contributed by atoms with Gasteiger partial charge >= 0.3 is 0 Å². The molecule has 4 aliphatic rings. The molecule has 0 amide bonds. The minimum atomic E-state index is -0.487. The van der Waals surface area contributed by atoms with Gasteiger partial charge in [-0.05, 0) is 104 Å². The van der Waals surface area contributed by atoms with Gasteiger partial charge in [0.05, 0.1) is 5.60 Å². The van der Waals surface area contributed by atoms with Gasteiger partial charge in [-0.3, -0.25) is 0 Å². The lowest BCUT2D eigenvalue weighted by Gasteiger charge is -2.64. The van der Waals surface area contributed by atoms with E-state index in [2.05, 4.69) is 53.7 Å². The smallest absolute Gasteiger partial charge is 0.0659 e. The third-order valence-corrected chi connectivity index (χ3v) is 10.7. The Balaban J connectivity index is 1.56. The van der Waals surface area contributed by atoms with Gasteiger partial charge in [0, 0.05) is 0 Å². The Morgan fingerprint density at radius 3 is 2.38 bits per heavy atom. The first kappa shape index (κ1) is 21.9. The normalized spacial score (nSPS) is 50.1. The Kier molecular flexibility index (Phi) is 5.81. The first-order valence-corrected chi connectivity index (χ1v) is 13.0. The topological polar surface area (TPSA) is 20.2 Å². The zero-order valence-electron chi connectivity index (χ0n) is 20.2. The van der Waals surface area contributed by atoms with Gasteiger partial charge in [-0.25, -0.2) is 0 Å². The lowest BCUT2D eigenvalue weighted by Crippen LogP contribution is -2.61. The van der Waals surface area contributed by atoms with Crippen molar-refractivity contribution in [2.75, 3.05) is 0 Å². The van der Waals surface area contributed by atoms with Crippen molar-refractivity contribution in [2.45, 2.75) is 111 Å². The molecule has 3 saturated carbocycles. The summed E-state index contributed by atoms with van der Waals surface area (Å²) in [6.45, 7) is 14.7. The standard InChI is InChI=1S/C28H48O/c1-19(2)10-9-11-20(3)22-13-14-23-25-24(15-17-27(22,23)5)26(4)16-8-7-12-21(26)18-28(25,6)29/h7,12,19-25,29H,8-11,13-18H2,1-6H3/t20-,21-,22-,23+,24+,25+,26+,27-,28-/m1/s1. The molecule has 1 N–H and O–H groups in total. The van der Waals surface area contributed by atoms with Crippen molar-refractivity contribution in [1.82, 2.24) is 0 Å². The van der Waals surface area contributed by atoms with E-state index in [0.29, 0.717) is 28.6 Å². The zero-order chi connectivity index (χ0) is 21.0. The third-order valence-electron chi connectivity index (χ3n) is 10.7. The van der Waals surface area contributed by atoms with Crippen molar-refractivity contribution in [3.63, 3.8) is 0 Å². The number of hydrogen-bond donors (Lipinski definition) is 1. The third kappa shape index (κ3) is 3.56. The van der Waals surface area contributed by atoms with Crippen LogP contribution in [0.1, 0.15) is 106 Å². The lowest BCUT2D eigenvalue weighted by atomic mass is 9.42. The summed E-state index contributed by atoms with van der Waals surface area (Å²) < 4.78 is 0. The summed E-state index contributed by atoms with van der Waals surface area (Å²) in [6.07, 6.45) is 18.1. The maximum atomic E-state index is 11.8. The zero-order valence-corrected chi connectivity index (χ0v) is 20.2. The summed E-state index contributed by atoms with van der Waals surface area (Å²) in [5.74, 6) is 5.10. The number of rotatable bonds is 5. The lowest BCUT2D eigenvalue weighted by molar-refractivity contribution is -0.193. The SMILES string of the molecule is CC(C)CCC[C@@H](C)[C@H]1CC[C@H]2[C@H]3[C@H](CC[C@]12C)[C@@]1(C)CCC=C[C@@H]1C[C@@]3(C)O. The second-order valence-corrected chi connectivity index (χ2v) is 12.9. The van der Waals surface area contributed by atoms with E-state index >= 15 is 0 Å². The van der Waals surface area contributed by atoms with E-state index in [4.69, 9.17) is 0 Å². The highest BCUT2D eigenvalue weighted by molar-refractivity contribution is 5.18. The van der Waals surface area contributed by atoms with E-state index in [0.717, 1.165) is 30.1 Å². The second-order valence-electron chi connectivity index (χ2n) is 12.9. The first-order valence-electron chi connectivity index (χ1n) is 13.0. The molecule has 0 aliphatic heterocycles. The van der Waals surface area contributed by atoms with Gasteiger partial charge in [0.25, 0.3) is 0 Å². The minimum Gasteiger partial charge on any atom is -0.390 e. The highest BCUT2D eigenvalue weighted by atomic mass is 16.3. The van der Waals surface area contributed by atoms with E-state index in [1.165, 1.54) is 57.8 Å². The average Bonchev–Trinajstić information content (AvgIpc) is 2.98.